The molecule has 1 aromatic heterocycles. The zero-order valence-corrected chi connectivity index (χ0v) is 11.5. The molecule has 0 amide bonds. The normalized spacial score (nSPS) is 10.9. The first kappa shape index (κ1) is 14.1. The molecule has 0 aliphatic rings. The Bertz CT molecular complexity index is 650. The number of halogens is 1. The lowest BCUT2D eigenvalue weighted by molar-refractivity contribution is -0.131. The minimum atomic E-state index is -0.992. The van der Waals surface area contributed by atoms with Gasteiger partial charge in [0.2, 0.25) is 0 Å². The molecular weight excluding hydrogens is 280 g/mol. The molecule has 0 saturated heterocycles. The van der Waals surface area contributed by atoms with Crippen molar-refractivity contribution in [2.45, 2.75) is 6.54 Å². The average Bonchev–Trinajstić information content (AvgIpc) is 2.82. The van der Waals surface area contributed by atoms with E-state index in [-0.39, 0.29) is 0 Å². The van der Waals surface area contributed by atoms with Gasteiger partial charge >= 0.3 is 5.97 Å². The molecule has 1 aromatic carbocycles. The molecule has 6 heteroatoms. The molecule has 104 valence electrons. The maximum absolute atomic E-state index is 10.6. The first-order valence-electron chi connectivity index (χ1n) is 5.84. The summed E-state index contributed by atoms with van der Waals surface area (Å²) in [5, 5.41) is 13.4. The van der Waals surface area contributed by atoms with Crippen molar-refractivity contribution in [1.29, 1.82) is 0 Å². The van der Waals surface area contributed by atoms with Gasteiger partial charge in [-0.3, -0.25) is 4.68 Å². The topological polar surface area (TPSA) is 64.3 Å². The van der Waals surface area contributed by atoms with Gasteiger partial charge in [-0.2, -0.15) is 5.10 Å². The zero-order valence-electron chi connectivity index (χ0n) is 10.8. The molecule has 0 radical (unpaired) electrons. The number of carboxylic acids is 1. The molecule has 0 unspecified atom stereocenters. The highest BCUT2D eigenvalue weighted by Crippen LogP contribution is 2.20. The third-order valence-corrected chi connectivity index (χ3v) is 2.88. The number of benzene rings is 1. The fourth-order valence-electron chi connectivity index (χ4n) is 1.77. The van der Waals surface area contributed by atoms with Gasteiger partial charge < -0.3 is 9.84 Å². The summed E-state index contributed by atoms with van der Waals surface area (Å²) in [5.74, 6) is -0.292. The summed E-state index contributed by atoms with van der Waals surface area (Å²) in [6.07, 6.45) is 5.89. The quantitative estimate of drug-likeness (QED) is 0.861. The Morgan fingerprint density at radius 1 is 1.55 bits per heavy atom. The van der Waals surface area contributed by atoms with Crippen molar-refractivity contribution in [3.05, 3.63) is 52.8 Å². The van der Waals surface area contributed by atoms with Crippen molar-refractivity contribution in [3.8, 4) is 5.75 Å². The largest absolute Gasteiger partial charge is 0.497 e. The van der Waals surface area contributed by atoms with E-state index in [0.717, 1.165) is 17.2 Å². The van der Waals surface area contributed by atoms with E-state index >= 15 is 0 Å². The number of aliphatic carboxylic acids is 1. The van der Waals surface area contributed by atoms with Crippen LogP contribution in [0.15, 0.2) is 36.7 Å². The maximum Gasteiger partial charge on any atom is 0.328 e. The summed E-state index contributed by atoms with van der Waals surface area (Å²) in [5.41, 5.74) is 1.68. The first-order chi connectivity index (χ1) is 9.58. The van der Waals surface area contributed by atoms with Crippen LogP contribution >= 0.6 is 11.6 Å². The van der Waals surface area contributed by atoms with Crippen LogP contribution in [0, 0.1) is 0 Å². The van der Waals surface area contributed by atoms with E-state index in [0.29, 0.717) is 17.3 Å². The Hall–Kier alpha value is -2.27. The summed E-state index contributed by atoms with van der Waals surface area (Å²) in [6, 6.07) is 5.43. The number of rotatable bonds is 5. The number of aromatic nitrogens is 2. The van der Waals surface area contributed by atoms with Gasteiger partial charge in [0.05, 0.1) is 24.9 Å². The Kier molecular flexibility index (Phi) is 4.42. The highest BCUT2D eigenvalue weighted by molar-refractivity contribution is 6.30. The van der Waals surface area contributed by atoms with Crippen LogP contribution in [0.3, 0.4) is 0 Å². The summed E-state index contributed by atoms with van der Waals surface area (Å²) in [6.45, 7) is 0.475. The van der Waals surface area contributed by atoms with Crippen molar-refractivity contribution in [3.63, 3.8) is 0 Å². The van der Waals surface area contributed by atoms with Crippen LogP contribution in [0.25, 0.3) is 6.08 Å². The second-order valence-corrected chi connectivity index (χ2v) is 4.53. The number of hydrogen-bond acceptors (Lipinski definition) is 3. The molecule has 2 aromatic rings. The molecule has 1 heterocycles. The fraction of sp³-hybridized carbons (Fsp3) is 0.143. The third kappa shape index (κ3) is 3.61. The minimum absolute atomic E-state index is 0.475. The van der Waals surface area contributed by atoms with Crippen molar-refractivity contribution in [2.75, 3.05) is 7.11 Å². The number of carbonyl (C=O) groups is 1. The van der Waals surface area contributed by atoms with Gasteiger partial charge in [-0.1, -0.05) is 17.7 Å². The van der Waals surface area contributed by atoms with Crippen molar-refractivity contribution in [2.24, 2.45) is 0 Å². The number of ether oxygens (including phenoxy) is 1. The van der Waals surface area contributed by atoms with E-state index in [1.165, 1.54) is 0 Å². The lowest BCUT2D eigenvalue weighted by Crippen LogP contribution is -2.02. The van der Waals surface area contributed by atoms with Crippen LogP contribution in [-0.2, 0) is 11.3 Å². The molecule has 0 bridgehead atoms. The van der Waals surface area contributed by atoms with E-state index < -0.39 is 5.97 Å². The maximum atomic E-state index is 10.6. The van der Waals surface area contributed by atoms with E-state index in [9.17, 15) is 4.79 Å². The minimum Gasteiger partial charge on any atom is -0.497 e. The molecular formula is C14H13ClN2O3. The standard InChI is InChI=1S/C14H13ClN2O3/c1-20-13-4-2-10(3-5-14(18)19)11(6-13)8-17-9-12(15)7-16-17/h2-7,9H,8H2,1H3,(H,18,19). The molecule has 0 spiro atoms. The van der Waals surface area contributed by atoms with Crippen LogP contribution in [0.2, 0.25) is 5.02 Å². The molecule has 1 N–H and O–H groups in total. The van der Waals surface area contributed by atoms with Gasteiger partial charge in [0, 0.05) is 12.3 Å². The summed E-state index contributed by atoms with van der Waals surface area (Å²) in [7, 11) is 1.58. The molecule has 0 atom stereocenters. The Morgan fingerprint density at radius 3 is 2.95 bits per heavy atom. The highest BCUT2D eigenvalue weighted by atomic mass is 35.5. The van der Waals surface area contributed by atoms with Gasteiger partial charge in [0.1, 0.15) is 5.75 Å². The predicted octanol–water partition coefficient (Wildman–Crippen LogP) is 2.69. The Balaban J connectivity index is 2.34. The van der Waals surface area contributed by atoms with E-state index in [4.69, 9.17) is 21.4 Å². The van der Waals surface area contributed by atoms with E-state index in [2.05, 4.69) is 5.10 Å². The molecule has 0 saturated carbocycles. The van der Waals surface area contributed by atoms with E-state index in [1.807, 2.05) is 6.07 Å². The second kappa shape index (κ2) is 6.25. The fourth-order valence-corrected chi connectivity index (χ4v) is 1.93. The monoisotopic (exact) mass is 292 g/mol. The van der Waals surface area contributed by atoms with E-state index in [1.54, 1.807) is 42.4 Å². The number of carboxylic acid groups (broad SMARTS) is 1. The smallest absolute Gasteiger partial charge is 0.328 e. The predicted molar refractivity (Wildman–Crippen MR) is 76.0 cm³/mol. The van der Waals surface area contributed by atoms with Crippen LogP contribution in [-0.4, -0.2) is 28.0 Å². The average molecular weight is 293 g/mol. The zero-order chi connectivity index (χ0) is 14.5. The number of nitrogens with zero attached hydrogens (tertiary/aromatic N) is 2. The number of hydrogen-bond donors (Lipinski definition) is 1. The first-order valence-corrected chi connectivity index (χ1v) is 6.22. The van der Waals surface area contributed by atoms with Gasteiger partial charge in [0.15, 0.2) is 0 Å². The molecule has 0 aliphatic carbocycles. The molecule has 2 rings (SSSR count). The third-order valence-electron chi connectivity index (χ3n) is 2.69. The molecule has 20 heavy (non-hydrogen) atoms. The van der Waals surface area contributed by atoms with Crippen LogP contribution < -0.4 is 4.74 Å². The van der Waals surface area contributed by atoms with Crippen molar-refractivity contribution >= 4 is 23.6 Å². The SMILES string of the molecule is COc1ccc(C=CC(=O)O)c(Cn2cc(Cl)cn2)c1. The summed E-state index contributed by atoms with van der Waals surface area (Å²) < 4.78 is 6.86. The summed E-state index contributed by atoms with van der Waals surface area (Å²) in [4.78, 5) is 10.6. The van der Waals surface area contributed by atoms with Crippen LogP contribution in [0.1, 0.15) is 11.1 Å². The molecule has 0 fully saturated rings. The van der Waals surface area contributed by atoms with Crippen LogP contribution in [0.5, 0.6) is 5.75 Å². The Labute approximate surface area is 121 Å². The lowest BCUT2D eigenvalue weighted by Gasteiger charge is -2.09. The lowest BCUT2D eigenvalue weighted by atomic mass is 10.1. The van der Waals surface area contributed by atoms with Crippen molar-refractivity contribution < 1.29 is 14.6 Å². The van der Waals surface area contributed by atoms with Gasteiger partial charge in [-0.15, -0.1) is 0 Å². The van der Waals surface area contributed by atoms with Gasteiger partial charge in [-0.05, 0) is 29.3 Å². The number of methoxy groups -OCH3 is 1. The highest BCUT2D eigenvalue weighted by Gasteiger charge is 2.05. The molecule has 0 aliphatic heterocycles. The van der Waals surface area contributed by atoms with Crippen molar-refractivity contribution in [1.82, 2.24) is 9.78 Å². The second-order valence-electron chi connectivity index (χ2n) is 4.09. The van der Waals surface area contributed by atoms with Gasteiger partial charge in [-0.25, -0.2) is 4.79 Å². The molecule has 5 nitrogen and oxygen atoms in total. The van der Waals surface area contributed by atoms with Gasteiger partial charge in [0.25, 0.3) is 0 Å². The Morgan fingerprint density at radius 2 is 2.35 bits per heavy atom. The summed E-state index contributed by atoms with van der Waals surface area (Å²) >= 11 is 5.83. The van der Waals surface area contributed by atoms with Crippen LogP contribution in [0.4, 0.5) is 0 Å².